The third kappa shape index (κ3) is 3.81. The SMILES string of the molecule is CC(C)(CCO)CNC(=O)[C@H]1CCC(=O)N1. The number of rotatable bonds is 5. The number of hydrogen-bond acceptors (Lipinski definition) is 3. The minimum atomic E-state index is -0.377. The fourth-order valence-corrected chi connectivity index (χ4v) is 1.65. The van der Waals surface area contributed by atoms with Gasteiger partial charge in [0.1, 0.15) is 6.04 Å². The van der Waals surface area contributed by atoms with Crippen molar-refractivity contribution in [3.63, 3.8) is 0 Å². The molecule has 1 aliphatic rings. The molecule has 0 aromatic rings. The molecule has 1 heterocycles. The molecule has 1 saturated heterocycles. The minimum absolute atomic E-state index is 0.0604. The highest BCUT2D eigenvalue weighted by molar-refractivity contribution is 5.90. The van der Waals surface area contributed by atoms with E-state index in [4.69, 9.17) is 5.11 Å². The number of amides is 2. The van der Waals surface area contributed by atoms with E-state index in [1.54, 1.807) is 0 Å². The maximum Gasteiger partial charge on any atom is 0.242 e. The van der Waals surface area contributed by atoms with E-state index >= 15 is 0 Å². The molecule has 1 rings (SSSR count). The maximum atomic E-state index is 11.7. The van der Waals surface area contributed by atoms with Crippen LogP contribution in [-0.4, -0.2) is 36.1 Å². The molecule has 2 amide bonds. The van der Waals surface area contributed by atoms with Gasteiger partial charge in [0.15, 0.2) is 0 Å². The Labute approximate surface area is 95.6 Å². The Bertz CT molecular complexity index is 276. The zero-order chi connectivity index (χ0) is 12.2. The molecule has 92 valence electrons. The van der Waals surface area contributed by atoms with E-state index in [-0.39, 0.29) is 29.9 Å². The normalized spacial score (nSPS) is 20.7. The van der Waals surface area contributed by atoms with Gasteiger partial charge in [-0.05, 0) is 18.3 Å². The van der Waals surface area contributed by atoms with E-state index in [1.165, 1.54) is 0 Å². The lowest BCUT2D eigenvalue weighted by atomic mass is 9.89. The summed E-state index contributed by atoms with van der Waals surface area (Å²) in [5, 5.41) is 14.3. The van der Waals surface area contributed by atoms with Crippen molar-refractivity contribution in [3.8, 4) is 0 Å². The smallest absolute Gasteiger partial charge is 0.242 e. The molecule has 1 atom stereocenters. The Balaban J connectivity index is 2.32. The molecule has 16 heavy (non-hydrogen) atoms. The predicted octanol–water partition coefficient (Wildman–Crippen LogP) is -0.210. The van der Waals surface area contributed by atoms with Crippen molar-refractivity contribution in [2.45, 2.75) is 39.2 Å². The lowest BCUT2D eigenvalue weighted by Crippen LogP contribution is -2.44. The molecule has 0 unspecified atom stereocenters. The minimum Gasteiger partial charge on any atom is -0.396 e. The Morgan fingerprint density at radius 2 is 2.31 bits per heavy atom. The van der Waals surface area contributed by atoms with E-state index in [9.17, 15) is 9.59 Å². The summed E-state index contributed by atoms with van der Waals surface area (Å²) in [7, 11) is 0. The van der Waals surface area contributed by atoms with Gasteiger partial charge in [0.05, 0.1) is 0 Å². The number of aliphatic hydroxyl groups excluding tert-OH is 1. The van der Waals surface area contributed by atoms with Gasteiger partial charge in [0.2, 0.25) is 11.8 Å². The van der Waals surface area contributed by atoms with Crippen LogP contribution >= 0.6 is 0 Å². The van der Waals surface area contributed by atoms with Gasteiger partial charge in [0, 0.05) is 19.6 Å². The van der Waals surface area contributed by atoms with Gasteiger partial charge in [-0.2, -0.15) is 0 Å². The van der Waals surface area contributed by atoms with Crippen LogP contribution in [0.15, 0.2) is 0 Å². The third-order valence-electron chi connectivity index (χ3n) is 2.84. The van der Waals surface area contributed by atoms with Crippen LogP contribution in [-0.2, 0) is 9.59 Å². The van der Waals surface area contributed by atoms with Gasteiger partial charge in [0.25, 0.3) is 0 Å². The molecule has 0 aliphatic carbocycles. The lowest BCUT2D eigenvalue weighted by molar-refractivity contribution is -0.126. The van der Waals surface area contributed by atoms with E-state index in [1.807, 2.05) is 13.8 Å². The molecule has 0 saturated carbocycles. The summed E-state index contributed by atoms with van der Waals surface area (Å²) in [6.45, 7) is 4.59. The van der Waals surface area contributed by atoms with Crippen molar-refractivity contribution in [2.24, 2.45) is 5.41 Å². The Morgan fingerprint density at radius 3 is 2.81 bits per heavy atom. The van der Waals surface area contributed by atoms with Crippen molar-refractivity contribution in [3.05, 3.63) is 0 Å². The molecule has 0 bridgehead atoms. The van der Waals surface area contributed by atoms with Crippen LogP contribution in [0.3, 0.4) is 0 Å². The zero-order valence-corrected chi connectivity index (χ0v) is 9.88. The molecule has 1 aliphatic heterocycles. The first-order valence-corrected chi connectivity index (χ1v) is 5.62. The van der Waals surface area contributed by atoms with Crippen molar-refractivity contribution in [1.82, 2.24) is 10.6 Å². The van der Waals surface area contributed by atoms with Crippen LogP contribution in [0.1, 0.15) is 33.1 Å². The van der Waals surface area contributed by atoms with Gasteiger partial charge < -0.3 is 15.7 Å². The van der Waals surface area contributed by atoms with Crippen LogP contribution in [0.25, 0.3) is 0 Å². The topological polar surface area (TPSA) is 78.4 Å². The number of hydrogen-bond donors (Lipinski definition) is 3. The van der Waals surface area contributed by atoms with Crippen LogP contribution < -0.4 is 10.6 Å². The van der Waals surface area contributed by atoms with Crippen molar-refractivity contribution in [2.75, 3.05) is 13.2 Å². The average Bonchev–Trinajstić information content (AvgIpc) is 2.61. The highest BCUT2D eigenvalue weighted by atomic mass is 16.3. The summed E-state index contributed by atoms with van der Waals surface area (Å²) in [5.74, 6) is -0.188. The second kappa shape index (κ2) is 5.30. The van der Waals surface area contributed by atoms with Crippen LogP contribution in [0, 0.1) is 5.41 Å². The summed E-state index contributed by atoms with van der Waals surface area (Å²) in [5.41, 5.74) is -0.118. The molecular weight excluding hydrogens is 208 g/mol. The lowest BCUT2D eigenvalue weighted by Gasteiger charge is -2.24. The average molecular weight is 228 g/mol. The quantitative estimate of drug-likeness (QED) is 0.609. The second-order valence-electron chi connectivity index (χ2n) is 5.01. The molecule has 3 N–H and O–H groups in total. The van der Waals surface area contributed by atoms with Gasteiger partial charge in [-0.25, -0.2) is 0 Å². The molecule has 1 fully saturated rings. The summed E-state index contributed by atoms with van der Waals surface area (Å²) in [6, 6.07) is -0.377. The van der Waals surface area contributed by atoms with Gasteiger partial charge in [-0.1, -0.05) is 13.8 Å². The predicted molar refractivity (Wildman–Crippen MR) is 59.7 cm³/mol. The summed E-state index contributed by atoms with van der Waals surface area (Å²) >= 11 is 0. The number of aliphatic hydroxyl groups is 1. The van der Waals surface area contributed by atoms with Crippen LogP contribution in [0.5, 0.6) is 0 Å². The van der Waals surface area contributed by atoms with E-state index < -0.39 is 0 Å². The van der Waals surface area contributed by atoms with Gasteiger partial charge in [-0.15, -0.1) is 0 Å². The summed E-state index contributed by atoms with van der Waals surface area (Å²) in [4.78, 5) is 22.6. The fraction of sp³-hybridized carbons (Fsp3) is 0.818. The first kappa shape index (κ1) is 13.0. The fourth-order valence-electron chi connectivity index (χ4n) is 1.65. The largest absolute Gasteiger partial charge is 0.396 e. The standard InChI is InChI=1S/C11H20N2O3/c1-11(2,5-6-14)7-12-10(16)8-3-4-9(15)13-8/h8,14H,3-7H2,1-2H3,(H,12,16)(H,13,15)/t8-/m1/s1. The molecule has 5 nitrogen and oxygen atoms in total. The van der Waals surface area contributed by atoms with E-state index in [2.05, 4.69) is 10.6 Å². The highest BCUT2D eigenvalue weighted by Crippen LogP contribution is 2.18. The molecule has 0 spiro atoms. The Morgan fingerprint density at radius 1 is 1.62 bits per heavy atom. The number of carbonyl (C=O) groups excluding carboxylic acids is 2. The second-order valence-corrected chi connectivity index (χ2v) is 5.01. The molecule has 0 aromatic carbocycles. The summed E-state index contributed by atoms with van der Waals surface area (Å²) < 4.78 is 0. The van der Waals surface area contributed by atoms with Crippen molar-refractivity contribution in [1.29, 1.82) is 0 Å². The molecule has 0 aromatic heterocycles. The first-order valence-electron chi connectivity index (χ1n) is 5.62. The molecular formula is C11H20N2O3. The van der Waals surface area contributed by atoms with Crippen molar-refractivity contribution < 1.29 is 14.7 Å². The first-order chi connectivity index (χ1) is 7.44. The maximum absolute atomic E-state index is 11.7. The van der Waals surface area contributed by atoms with Crippen molar-refractivity contribution >= 4 is 11.8 Å². The van der Waals surface area contributed by atoms with E-state index in [0.29, 0.717) is 25.8 Å². The molecule has 5 heteroatoms. The van der Waals surface area contributed by atoms with Crippen LogP contribution in [0.4, 0.5) is 0 Å². The number of carbonyl (C=O) groups is 2. The molecule has 0 radical (unpaired) electrons. The van der Waals surface area contributed by atoms with E-state index in [0.717, 1.165) is 0 Å². The monoisotopic (exact) mass is 228 g/mol. The zero-order valence-electron chi connectivity index (χ0n) is 9.88. The van der Waals surface area contributed by atoms with Crippen LogP contribution in [0.2, 0.25) is 0 Å². The van der Waals surface area contributed by atoms with Gasteiger partial charge >= 0.3 is 0 Å². The number of nitrogens with one attached hydrogen (secondary N) is 2. The third-order valence-corrected chi connectivity index (χ3v) is 2.84. The Kier molecular flexibility index (Phi) is 4.29. The van der Waals surface area contributed by atoms with Gasteiger partial charge in [-0.3, -0.25) is 9.59 Å². The Hall–Kier alpha value is -1.10. The summed E-state index contributed by atoms with van der Waals surface area (Å²) in [6.07, 6.45) is 1.65. The highest BCUT2D eigenvalue weighted by Gasteiger charge is 2.28.